The molecule has 5 nitrogen and oxygen atoms in total. The van der Waals surface area contributed by atoms with Gasteiger partial charge in [0.25, 0.3) is 5.91 Å². The minimum absolute atomic E-state index is 0. The van der Waals surface area contributed by atoms with E-state index in [4.69, 9.17) is 16.0 Å². The summed E-state index contributed by atoms with van der Waals surface area (Å²) >= 11 is 6.04. The fourth-order valence-electron chi connectivity index (χ4n) is 3.19. The van der Waals surface area contributed by atoms with Crippen LogP contribution in [-0.2, 0) is 6.18 Å². The predicted octanol–water partition coefficient (Wildman–Crippen LogP) is 5.23. The van der Waals surface area contributed by atoms with Crippen LogP contribution >= 0.6 is 24.0 Å². The quantitative estimate of drug-likeness (QED) is 0.534. The molecule has 0 saturated heterocycles. The number of halogens is 5. The predicted molar refractivity (Wildman–Crippen MR) is 120 cm³/mol. The molecule has 3 rings (SSSR count). The molecule has 0 saturated carbocycles. The van der Waals surface area contributed by atoms with Crippen molar-refractivity contribution < 1.29 is 22.4 Å². The van der Waals surface area contributed by atoms with Gasteiger partial charge >= 0.3 is 6.18 Å². The lowest BCUT2D eigenvalue weighted by atomic mass is 10.0. The molecule has 1 unspecified atom stereocenters. The Labute approximate surface area is 193 Å². The van der Waals surface area contributed by atoms with Crippen LogP contribution in [0.5, 0.6) is 0 Å². The van der Waals surface area contributed by atoms with Crippen molar-refractivity contribution in [2.45, 2.75) is 19.1 Å². The molecule has 3 aromatic rings. The van der Waals surface area contributed by atoms with Gasteiger partial charge in [0.15, 0.2) is 11.2 Å². The fourth-order valence-corrected chi connectivity index (χ4v) is 3.35. The van der Waals surface area contributed by atoms with Crippen molar-refractivity contribution in [3.8, 4) is 0 Å². The van der Waals surface area contributed by atoms with E-state index in [1.807, 2.05) is 0 Å². The van der Waals surface area contributed by atoms with Crippen molar-refractivity contribution in [2.24, 2.45) is 0 Å². The third kappa shape index (κ3) is 5.62. The van der Waals surface area contributed by atoms with E-state index in [1.54, 1.807) is 38.1 Å². The van der Waals surface area contributed by atoms with Crippen LogP contribution < -0.4 is 10.7 Å². The normalized spacial score (nSPS) is 12.5. The van der Waals surface area contributed by atoms with Crippen LogP contribution in [0.1, 0.15) is 33.3 Å². The summed E-state index contributed by atoms with van der Waals surface area (Å²) in [4.78, 5) is 26.7. The van der Waals surface area contributed by atoms with Crippen LogP contribution in [0.25, 0.3) is 11.0 Å². The zero-order valence-corrected chi connectivity index (χ0v) is 19.0. The van der Waals surface area contributed by atoms with Gasteiger partial charge < -0.3 is 14.6 Å². The molecule has 0 bridgehead atoms. The monoisotopic (exact) mass is 488 g/mol. The zero-order chi connectivity index (χ0) is 22.9. The second kappa shape index (κ2) is 9.94. The molecule has 0 aliphatic heterocycles. The summed E-state index contributed by atoms with van der Waals surface area (Å²) in [6, 6.07) is 8.53. The summed E-state index contributed by atoms with van der Waals surface area (Å²) in [6.45, 7) is 1.75. The molecular formula is C22H21Cl2F3N2O3. The molecule has 0 fully saturated rings. The highest BCUT2D eigenvalue weighted by atomic mass is 35.5. The molecule has 10 heteroatoms. The van der Waals surface area contributed by atoms with Gasteiger partial charge in [-0.15, -0.1) is 12.4 Å². The Kier molecular flexibility index (Phi) is 7.98. The molecule has 1 amide bonds. The fraction of sp³-hybridized carbons (Fsp3) is 0.273. The first-order valence-electron chi connectivity index (χ1n) is 9.33. The van der Waals surface area contributed by atoms with Crippen molar-refractivity contribution in [1.29, 1.82) is 0 Å². The Hall–Kier alpha value is -2.55. The molecule has 0 aliphatic rings. The number of benzene rings is 2. The summed E-state index contributed by atoms with van der Waals surface area (Å²) in [6.07, 6.45) is -4.47. The maximum Gasteiger partial charge on any atom is 0.416 e. The highest BCUT2D eigenvalue weighted by Crippen LogP contribution is 2.31. The lowest BCUT2D eigenvalue weighted by molar-refractivity contribution is -0.137. The van der Waals surface area contributed by atoms with Gasteiger partial charge in [-0.25, -0.2) is 0 Å². The summed E-state index contributed by atoms with van der Waals surface area (Å²) in [7, 11) is 3.39. The SMILES string of the molecule is Cc1cc2oc(C(=O)NCC(c3cccc(C(F)(F)F)c3)N(C)C)cc(=O)c2cc1Cl.Cl. The smallest absolute Gasteiger partial charge is 0.416 e. The summed E-state index contributed by atoms with van der Waals surface area (Å²) in [5.74, 6) is -0.841. The average molecular weight is 489 g/mol. The third-order valence-electron chi connectivity index (χ3n) is 4.91. The molecule has 0 aliphatic carbocycles. The van der Waals surface area contributed by atoms with Crippen LogP contribution in [-0.4, -0.2) is 31.4 Å². The van der Waals surface area contributed by atoms with Crippen molar-refractivity contribution in [3.63, 3.8) is 0 Å². The number of nitrogens with zero attached hydrogens (tertiary/aromatic N) is 1. The number of carbonyl (C=O) groups is 1. The van der Waals surface area contributed by atoms with Gasteiger partial charge in [-0.3, -0.25) is 9.59 Å². The van der Waals surface area contributed by atoms with Crippen molar-refractivity contribution >= 4 is 40.9 Å². The number of hydrogen-bond donors (Lipinski definition) is 1. The molecule has 2 aromatic carbocycles. The van der Waals surface area contributed by atoms with Gasteiger partial charge in [0.2, 0.25) is 0 Å². The van der Waals surface area contributed by atoms with Crippen molar-refractivity contribution in [2.75, 3.05) is 20.6 Å². The van der Waals surface area contributed by atoms with E-state index in [9.17, 15) is 22.8 Å². The Morgan fingerprint density at radius 2 is 1.88 bits per heavy atom. The highest BCUT2D eigenvalue weighted by molar-refractivity contribution is 6.32. The number of carbonyl (C=O) groups excluding carboxylic acids is 1. The number of alkyl halides is 3. The first-order valence-corrected chi connectivity index (χ1v) is 9.71. The second-order valence-corrected chi connectivity index (χ2v) is 7.79. The molecule has 172 valence electrons. The van der Waals surface area contributed by atoms with Crippen LogP contribution in [0, 0.1) is 6.92 Å². The Balaban J connectivity index is 0.00000363. The number of aryl methyl sites for hydroxylation is 1. The Morgan fingerprint density at radius 1 is 1.19 bits per heavy atom. The molecule has 1 heterocycles. The third-order valence-corrected chi connectivity index (χ3v) is 5.32. The van der Waals surface area contributed by atoms with Gasteiger partial charge in [-0.05, 0) is 56.4 Å². The minimum atomic E-state index is -4.47. The number of amides is 1. The van der Waals surface area contributed by atoms with E-state index in [0.717, 1.165) is 18.2 Å². The summed E-state index contributed by atoms with van der Waals surface area (Å²) in [5.41, 5.74) is 0.118. The van der Waals surface area contributed by atoms with Gasteiger partial charge in [-0.1, -0.05) is 23.7 Å². The summed E-state index contributed by atoms with van der Waals surface area (Å²) in [5, 5.41) is 3.30. The van der Waals surface area contributed by atoms with Crippen molar-refractivity contribution in [3.05, 3.63) is 80.2 Å². The van der Waals surface area contributed by atoms with Crippen LogP contribution in [0.2, 0.25) is 5.02 Å². The van der Waals surface area contributed by atoms with E-state index >= 15 is 0 Å². The van der Waals surface area contributed by atoms with E-state index in [2.05, 4.69) is 5.32 Å². The minimum Gasteiger partial charge on any atom is -0.451 e. The van der Waals surface area contributed by atoms with Crippen LogP contribution in [0.3, 0.4) is 0 Å². The lowest BCUT2D eigenvalue weighted by Gasteiger charge is -2.25. The Morgan fingerprint density at radius 3 is 2.50 bits per heavy atom. The van der Waals surface area contributed by atoms with Gasteiger partial charge in [0.05, 0.1) is 17.0 Å². The standard InChI is InChI=1S/C22H20ClF3N2O3.ClH/c1-12-7-19-15(9-16(12)23)18(29)10-20(31-19)21(30)27-11-17(28(2)3)13-5-4-6-14(8-13)22(24,25)26;/h4-10,17H,11H2,1-3H3,(H,27,30);1H. The van der Waals surface area contributed by atoms with Gasteiger partial charge in [0, 0.05) is 17.6 Å². The van der Waals surface area contributed by atoms with E-state index in [1.165, 1.54) is 12.1 Å². The maximum atomic E-state index is 13.1. The molecule has 0 spiro atoms. The van der Waals surface area contributed by atoms with E-state index < -0.39 is 29.1 Å². The Bertz CT molecular complexity index is 1190. The molecule has 1 aromatic heterocycles. The second-order valence-electron chi connectivity index (χ2n) is 7.39. The summed E-state index contributed by atoms with van der Waals surface area (Å²) < 4.78 is 44.7. The first-order chi connectivity index (χ1) is 14.5. The topological polar surface area (TPSA) is 62.6 Å². The lowest BCUT2D eigenvalue weighted by Crippen LogP contribution is -2.35. The number of likely N-dealkylation sites (N-methyl/N-ethyl adjacent to an activating group) is 1. The van der Waals surface area contributed by atoms with Crippen LogP contribution in [0.4, 0.5) is 13.2 Å². The van der Waals surface area contributed by atoms with Gasteiger partial charge in [-0.2, -0.15) is 13.2 Å². The zero-order valence-electron chi connectivity index (χ0n) is 17.4. The van der Waals surface area contributed by atoms with Crippen LogP contribution in [0.15, 0.2) is 51.7 Å². The molecular weight excluding hydrogens is 468 g/mol. The van der Waals surface area contributed by atoms with Gasteiger partial charge in [0.1, 0.15) is 5.58 Å². The number of fused-ring (bicyclic) bond motifs is 1. The molecule has 1 atom stereocenters. The number of nitrogens with one attached hydrogen (secondary N) is 1. The number of hydrogen-bond acceptors (Lipinski definition) is 4. The molecule has 1 N–H and O–H groups in total. The van der Waals surface area contributed by atoms with Crippen molar-refractivity contribution in [1.82, 2.24) is 10.2 Å². The van der Waals surface area contributed by atoms with E-state index in [-0.39, 0.29) is 35.7 Å². The maximum absolute atomic E-state index is 13.1. The largest absolute Gasteiger partial charge is 0.451 e. The highest BCUT2D eigenvalue weighted by Gasteiger charge is 2.31. The molecule has 0 radical (unpaired) electrons. The molecule has 32 heavy (non-hydrogen) atoms. The average Bonchev–Trinajstić information content (AvgIpc) is 2.68. The number of rotatable bonds is 5. The van der Waals surface area contributed by atoms with E-state index in [0.29, 0.717) is 16.1 Å². The first kappa shape index (κ1) is 25.7.